The van der Waals surface area contributed by atoms with Crippen molar-refractivity contribution in [1.82, 2.24) is 9.78 Å². The lowest BCUT2D eigenvalue weighted by molar-refractivity contribution is -0.386. The molecule has 8 heteroatoms. The standard InChI is InChI=1S/C12H11ClFN3O3/c1-7-9(12(13)16(2)15-7)6-20-11-4-3-8(14)5-10(11)17(18)19/h3-5H,6H2,1-2H3. The van der Waals surface area contributed by atoms with Gasteiger partial charge in [-0.3, -0.25) is 14.8 Å². The van der Waals surface area contributed by atoms with E-state index in [1.54, 1.807) is 14.0 Å². The number of aromatic nitrogens is 2. The maximum atomic E-state index is 13.0. The Morgan fingerprint density at radius 2 is 2.25 bits per heavy atom. The van der Waals surface area contributed by atoms with Crippen molar-refractivity contribution >= 4 is 17.3 Å². The SMILES string of the molecule is Cc1nn(C)c(Cl)c1COc1ccc(F)cc1[N+](=O)[O-]. The molecule has 0 amide bonds. The Bertz CT molecular complexity index is 672. The fourth-order valence-corrected chi connectivity index (χ4v) is 1.97. The van der Waals surface area contributed by atoms with Crippen LogP contribution < -0.4 is 4.74 Å². The highest BCUT2D eigenvalue weighted by Crippen LogP contribution is 2.29. The largest absolute Gasteiger partial charge is 0.482 e. The third-order valence-electron chi connectivity index (χ3n) is 2.76. The first-order valence-corrected chi connectivity index (χ1v) is 6.02. The first kappa shape index (κ1) is 14.3. The van der Waals surface area contributed by atoms with E-state index >= 15 is 0 Å². The van der Waals surface area contributed by atoms with E-state index in [0.29, 0.717) is 16.4 Å². The Labute approximate surface area is 118 Å². The van der Waals surface area contributed by atoms with Gasteiger partial charge >= 0.3 is 5.69 Å². The van der Waals surface area contributed by atoms with Gasteiger partial charge in [-0.15, -0.1) is 0 Å². The quantitative estimate of drug-likeness (QED) is 0.643. The molecule has 0 spiro atoms. The highest BCUT2D eigenvalue weighted by molar-refractivity contribution is 6.30. The second kappa shape index (κ2) is 5.46. The number of hydrogen-bond donors (Lipinski definition) is 0. The molecule has 0 bridgehead atoms. The van der Waals surface area contributed by atoms with Crippen LogP contribution in [0.15, 0.2) is 18.2 Å². The molecule has 106 valence electrons. The fourth-order valence-electron chi connectivity index (χ4n) is 1.74. The Morgan fingerprint density at radius 1 is 1.55 bits per heavy atom. The van der Waals surface area contributed by atoms with Gasteiger partial charge in [-0.25, -0.2) is 4.39 Å². The maximum Gasteiger partial charge on any atom is 0.313 e. The number of ether oxygens (including phenoxy) is 1. The van der Waals surface area contributed by atoms with Gasteiger partial charge in [-0.2, -0.15) is 5.10 Å². The molecule has 2 aromatic rings. The van der Waals surface area contributed by atoms with Gasteiger partial charge in [0.05, 0.1) is 16.7 Å². The van der Waals surface area contributed by atoms with Crippen LogP contribution in [-0.4, -0.2) is 14.7 Å². The summed E-state index contributed by atoms with van der Waals surface area (Å²) in [5.41, 5.74) is 0.873. The summed E-state index contributed by atoms with van der Waals surface area (Å²) in [6.07, 6.45) is 0. The van der Waals surface area contributed by atoms with E-state index in [2.05, 4.69) is 5.10 Å². The number of halogens is 2. The normalized spacial score (nSPS) is 10.6. The lowest BCUT2D eigenvalue weighted by Crippen LogP contribution is -2.00. The topological polar surface area (TPSA) is 70.2 Å². The molecule has 0 saturated heterocycles. The molecule has 0 fully saturated rings. The Kier molecular flexibility index (Phi) is 3.89. The molecule has 6 nitrogen and oxygen atoms in total. The number of benzene rings is 1. The van der Waals surface area contributed by atoms with Gasteiger partial charge in [0.25, 0.3) is 0 Å². The molecule has 0 atom stereocenters. The van der Waals surface area contributed by atoms with Crippen molar-refractivity contribution in [2.24, 2.45) is 7.05 Å². The number of nitrogens with zero attached hydrogens (tertiary/aromatic N) is 3. The molecule has 1 heterocycles. The molecule has 0 N–H and O–H groups in total. The van der Waals surface area contributed by atoms with Crippen molar-refractivity contribution in [3.05, 3.63) is 50.5 Å². The first-order valence-electron chi connectivity index (χ1n) is 5.65. The predicted octanol–water partition coefficient (Wildman–Crippen LogP) is 3.01. The van der Waals surface area contributed by atoms with E-state index in [9.17, 15) is 14.5 Å². The summed E-state index contributed by atoms with van der Waals surface area (Å²) in [6, 6.07) is 3.13. The highest BCUT2D eigenvalue weighted by atomic mass is 35.5. The Hall–Kier alpha value is -2.15. The molecule has 2 rings (SSSR count). The number of rotatable bonds is 4. The first-order chi connectivity index (χ1) is 9.40. The summed E-state index contributed by atoms with van der Waals surface area (Å²) in [7, 11) is 1.68. The van der Waals surface area contributed by atoms with E-state index < -0.39 is 16.4 Å². The molecular weight excluding hydrogens is 289 g/mol. The van der Waals surface area contributed by atoms with Gasteiger partial charge in [0.2, 0.25) is 0 Å². The predicted molar refractivity (Wildman–Crippen MR) is 70.3 cm³/mol. The van der Waals surface area contributed by atoms with Crippen molar-refractivity contribution in [2.45, 2.75) is 13.5 Å². The monoisotopic (exact) mass is 299 g/mol. The van der Waals surface area contributed by atoms with Crippen LogP contribution in [0.25, 0.3) is 0 Å². The van der Waals surface area contributed by atoms with Crippen LogP contribution in [0.5, 0.6) is 5.75 Å². The van der Waals surface area contributed by atoms with Gasteiger partial charge in [0, 0.05) is 12.6 Å². The minimum Gasteiger partial charge on any atom is -0.482 e. The van der Waals surface area contributed by atoms with Gasteiger partial charge in [0.1, 0.15) is 17.6 Å². The fraction of sp³-hybridized carbons (Fsp3) is 0.250. The second-order valence-corrected chi connectivity index (χ2v) is 4.49. The van der Waals surface area contributed by atoms with Crippen LogP contribution in [0.4, 0.5) is 10.1 Å². The third-order valence-corrected chi connectivity index (χ3v) is 3.23. The minimum absolute atomic E-state index is 0.0179. The molecule has 0 saturated carbocycles. The van der Waals surface area contributed by atoms with Gasteiger partial charge in [-0.1, -0.05) is 11.6 Å². The number of nitro benzene ring substituents is 1. The van der Waals surface area contributed by atoms with E-state index in [4.69, 9.17) is 16.3 Å². The van der Waals surface area contributed by atoms with Crippen LogP contribution >= 0.6 is 11.6 Å². The smallest absolute Gasteiger partial charge is 0.313 e. The van der Waals surface area contributed by atoms with Crippen LogP contribution in [0.2, 0.25) is 5.15 Å². The Balaban J connectivity index is 2.25. The number of hydrogen-bond acceptors (Lipinski definition) is 4. The maximum absolute atomic E-state index is 13.0. The third kappa shape index (κ3) is 2.72. The van der Waals surface area contributed by atoms with E-state index in [0.717, 1.165) is 12.1 Å². The summed E-state index contributed by atoms with van der Waals surface area (Å²) in [5, 5.41) is 15.3. The number of nitro groups is 1. The van der Waals surface area contributed by atoms with Crippen LogP contribution in [0.3, 0.4) is 0 Å². The summed E-state index contributed by atoms with van der Waals surface area (Å²) in [4.78, 5) is 10.1. The molecule has 0 radical (unpaired) electrons. The van der Waals surface area contributed by atoms with Crippen LogP contribution in [0.1, 0.15) is 11.3 Å². The summed E-state index contributed by atoms with van der Waals surface area (Å²) in [5.74, 6) is -0.713. The minimum atomic E-state index is -0.698. The molecule has 0 aliphatic carbocycles. The van der Waals surface area contributed by atoms with Crippen molar-refractivity contribution in [3.63, 3.8) is 0 Å². The van der Waals surface area contributed by atoms with Crippen molar-refractivity contribution in [2.75, 3.05) is 0 Å². The average molecular weight is 300 g/mol. The van der Waals surface area contributed by atoms with E-state index in [1.165, 1.54) is 10.7 Å². The van der Waals surface area contributed by atoms with E-state index in [-0.39, 0.29) is 12.4 Å². The molecule has 20 heavy (non-hydrogen) atoms. The number of aryl methyl sites for hydroxylation is 2. The van der Waals surface area contributed by atoms with Gasteiger partial charge in [-0.05, 0) is 19.1 Å². The summed E-state index contributed by atoms with van der Waals surface area (Å²) >= 11 is 6.03. The molecule has 1 aromatic heterocycles. The second-order valence-electron chi connectivity index (χ2n) is 4.14. The Morgan fingerprint density at radius 3 is 2.80 bits per heavy atom. The zero-order valence-corrected chi connectivity index (χ0v) is 11.5. The van der Waals surface area contributed by atoms with Crippen LogP contribution in [0, 0.1) is 22.9 Å². The summed E-state index contributed by atoms with van der Waals surface area (Å²) < 4.78 is 19.9. The van der Waals surface area contributed by atoms with Crippen molar-refractivity contribution in [3.8, 4) is 5.75 Å². The molecule has 0 unspecified atom stereocenters. The average Bonchev–Trinajstić information content (AvgIpc) is 2.62. The summed E-state index contributed by atoms with van der Waals surface area (Å²) in [6.45, 7) is 1.77. The molecule has 1 aromatic carbocycles. The highest BCUT2D eigenvalue weighted by Gasteiger charge is 2.18. The van der Waals surface area contributed by atoms with Crippen molar-refractivity contribution < 1.29 is 14.1 Å². The lowest BCUT2D eigenvalue weighted by Gasteiger charge is -2.06. The zero-order chi connectivity index (χ0) is 14.9. The van der Waals surface area contributed by atoms with Crippen LogP contribution in [-0.2, 0) is 13.7 Å². The molecule has 0 aliphatic heterocycles. The van der Waals surface area contributed by atoms with Gasteiger partial charge in [0.15, 0.2) is 5.75 Å². The molecule has 0 aliphatic rings. The van der Waals surface area contributed by atoms with Gasteiger partial charge < -0.3 is 4.74 Å². The zero-order valence-electron chi connectivity index (χ0n) is 10.8. The molecular formula is C12H11ClFN3O3. The van der Waals surface area contributed by atoms with E-state index in [1.807, 2.05) is 0 Å². The lowest BCUT2D eigenvalue weighted by atomic mass is 10.2. The van der Waals surface area contributed by atoms with Crippen molar-refractivity contribution in [1.29, 1.82) is 0 Å².